The van der Waals surface area contributed by atoms with Crippen LogP contribution in [-0.2, 0) is 4.79 Å². The van der Waals surface area contributed by atoms with E-state index in [0.29, 0.717) is 41.6 Å². The number of carbonyl (C=O) groups excluding carboxylic acids is 2. The van der Waals surface area contributed by atoms with Crippen LogP contribution in [0.3, 0.4) is 0 Å². The van der Waals surface area contributed by atoms with E-state index in [2.05, 4.69) is 10.1 Å². The van der Waals surface area contributed by atoms with Crippen molar-refractivity contribution in [1.29, 1.82) is 0 Å². The fraction of sp³-hybridized carbons (Fsp3) is 0.222. The molecule has 2 aliphatic rings. The van der Waals surface area contributed by atoms with E-state index in [1.54, 1.807) is 49.8 Å². The van der Waals surface area contributed by atoms with Gasteiger partial charge in [-0.05, 0) is 30.3 Å². The van der Waals surface area contributed by atoms with Gasteiger partial charge in [0, 0.05) is 30.6 Å². The number of benzene rings is 1. The van der Waals surface area contributed by atoms with Crippen molar-refractivity contribution in [3.63, 3.8) is 0 Å². The molecule has 0 spiro atoms. The molecule has 2 aliphatic heterocycles. The van der Waals surface area contributed by atoms with Gasteiger partial charge in [0.1, 0.15) is 19.1 Å². The van der Waals surface area contributed by atoms with Gasteiger partial charge in [-0.1, -0.05) is 0 Å². The van der Waals surface area contributed by atoms with Crippen LogP contribution in [0.4, 0.5) is 0 Å². The van der Waals surface area contributed by atoms with E-state index in [4.69, 9.17) is 9.47 Å². The summed E-state index contributed by atoms with van der Waals surface area (Å²) < 4.78 is 11.0. The largest absolute Gasteiger partial charge is 0.486 e. The Hall–Kier alpha value is -3.22. The molecule has 0 bridgehead atoms. The number of pyridine rings is 1. The number of fused-ring (bicyclic) bond motifs is 1. The number of ketones is 1. The average Bonchev–Trinajstić information content (AvgIpc) is 2.96. The Kier molecular flexibility index (Phi) is 3.68. The van der Waals surface area contributed by atoms with Crippen LogP contribution in [0.5, 0.6) is 11.5 Å². The highest BCUT2D eigenvalue weighted by atomic mass is 16.6. The number of ether oxygens (including phenoxy) is 2. The van der Waals surface area contributed by atoms with Crippen LogP contribution in [-0.4, -0.2) is 47.7 Å². The number of Topliss-reactive ketones (excluding diaryl/α,β-unsaturated/α-hetero) is 1. The SMILES string of the molecule is CN1N=C(c2ccncc2)C(C(=O)c2ccc3c(c2)OCCO3)C1=O. The fourth-order valence-corrected chi connectivity index (χ4v) is 2.92. The normalized spacial score (nSPS) is 18.9. The molecule has 0 radical (unpaired) electrons. The van der Waals surface area contributed by atoms with E-state index in [9.17, 15) is 9.59 Å². The molecule has 1 amide bonds. The first kappa shape index (κ1) is 15.3. The summed E-state index contributed by atoms with van der Waals surface area (Å²) in [7, 11) is 1.54. The van der Waals surface area contributed by atoms with E-state index in [0.717, 1.165) is 0 Å². The average molecular weight is 337 g/mol. The van der Waals surface area contributed by atoms with Crippen LogP contribution in [0.25, 0.3) is 0 Å². The predicted molar refractivity (Wildman–Crippen MR) is 88.8 cm³/mol. The number of carbonyl (C=O) groups is 2. The summed E-state index contributed by atoms with van der Waals surface area (Å²) in [6, 6.07) is 8.41. The van der Waals surface area contributed by atoms with Gasteiger partial charge in [0.2, 0.25) is 0 Å². The fourth-order valence-electron chi connectivity index (χ4n) is 2.92. The van der Waals surface area contributed by atoms with Gasteiger partial charge in [0.05, 0.1) is 5.71 Å². The molecule has 0 saturated heterocycles. The lowest BCUT2D eigenvalue weighted by molar-refractivity contribution is -0.129. The molecule has 7 heteroatoms. The van der Waals surface area contributed by atoms with E-state index in [1.165, 1.54) is 5.01 Å². The molecular formula is C18H15N3O4. The first-order valence-electron chi connectivity index (χ1n) is 7.85. The first-order valence-corrected chi connectivity index (χ1v) is 7.85. The molecule has 0 aliphatic carbocycles. The van der Waals surface area contributed by atoms with E-state index in [-0.39, 0.29) is 11.7 Å². The van der Waals surface area contributed by atoms with Gasteiger partial charge in [-0.2, -0.15) is 5.10 Å². The van der Waals surface area contributed by atoms with Gasteiger partial charge in [0.15, 0.2) is 17.3 Å². The van der Waals surface area contributed by atoms with Crippen molar-refractivity contribution in [2.45, 2.75) is 0 Å². The predicted octanol–water partition coefficient (Wildman–Crippen LogP) is 1.53. The lowest BCUT2D eigenvalue weighted by atomic mass is 9.89. The van der Waals surface area contributed by atoms with Crippen molar-refractivity contribution in [2.75, 3.05) is 20.3 Å². The highest BCUT2D eigenvalue weighted by molar-refractivity contribution is 6.31. The van der Waals surface area contributed by atoms with Crippen molar-refractivity contribution in [1.82, 2.24) is 9.99 Å². The Morgan fingerprint density at radius 3 is 2.60 bits per heavy atom. The van der Waals surface area contributed by atoms with Crippen LogP contribution in [0.2, 0.25) is 0 Å². The zero-order valence-electron chi connectivity index (χ0n) is 13.5. The molecule has 3 heterocycles. The number of hydrogen-bond acceptors (Lipinski definition) is 6. The summed E-state index contributed by atoms with van der Waals surface area (Å²) in [6.07, 6.45) is 3.21. The summed E-state index contributed by atoms with van der Waals surface area (Å²) in [5, 5.41) is 5.46. The first-order chi connectivity index (χ1) is 12.1. The molecule has 0 fully saturated rings. The maximum absolute atomic E-state index is 13.0. The summed E-state index contributed by atoms with van der Waals surface area (Å²) in [6.45, 7) is 0.907. The van der Waals surface area contributed by atoms with E-state index < -0.39 is 5.92 Å². The highest BCUT2D eigenvalue weighted by Crippen LogP contribution is 2.32. The number of nitrogens with zero attached hydrogens (tertiary/aromatic N) is 3. The van der Waals surface area contributed by atoms with Crippen molar-refractivity contribution in [3.8, 4) is 11.5 Å². The monoisotopic (exact) mass is 337 g/mol. The minimum Gasteiger partial charge on any atom is -0.486 e. The smallest absolute Gasteiger partial charge is 0.259 e. The molecule has 126 valence electrons. The molecule has 1 atom stereocenters. The molecule has 0 saturated carbocycles. The standard InChI is InChI=1S/C18H15N3O4/c1-21-18(23)15(16(20-21)11-4-6-19-7-5-11)17(22)12-2-3-13-14(10-12)25-9-8-24-13/h2-7,10,15H,8-9H2,1H3. The Balaban J connectivity index is 1.71. The zero-order valence-corrected chi connectivity index (χ0v) is 13.5. The number of hydrazone groups is 1. The maximum Gasteiger partial charge on any atom is 0.259 e. The number of hydrogen-bond donors (Lipinski definition) is 0. The minimum atomic E-state index is -0.977. The second kappa shape index (κ2) is 6.01. The molecule has 1 unspecified atom stereocenters. The molecular weight excluding hydrogens is 322 g/mol. The van der Waals surface area contributed by atoms with Gasteiger partial charge >= 0.3 is 0 Å². The van der Waals surface area contributed by atoms with Crippen LogP contribution >= 0.6 is 0 Å². The summed E-state index contributed by atoms with van der Waals surface area (Å²) in [5.41, 5.74) is 1.51. The van der Waals surface area contributed by atoms with Crippen molar-refractivity contribution < 1.29 is 19.1 Å². The van der Waals surface area contributed by atoms with Crippen LogP contribution in [0.1, 0.15) is 15.9 Å². The highest BCUT2D eigenvalue weighted by Gasteiger charge is 2.40. The lowest BCUT2D eigenvalue weighted by Crippen LogP contribution is -2.32. The van der Waals surface area contributed by atoms with Crippen molar-refractivity contribution >= 4 is 17.4 Å². The summed E-state index contributed by atoms with van der Waals surface area (Å²) >= 11 is 0. The Labute approximate surface area is 143 Å². The Morgan fingerprint density at radius 2 is 1.84 bits per heavy atom. The topological polar surface area (TPSA) is 81.1 Å². The minimum absolute atomic E-state index is 0.318. The number of amides is 1. The molecule has 25 heavy (non-hydrogen) atoms. The molecule has 1 aromatic carbocycles. The number of rotatable bonds is 3. The molecule has 0 N–H and O–H groups in total. The third-order valence-corrected chi connectivity index (χ3v) is 4.16. The van der Waals surface area contributed by atoms with E-state index >= 15 is 0 Å². The van der Waals surface area contributed by atoms with Gasteiger partial charge in [0.25, 0.3) is 5.91 Å². The summed E-state index contributed by atoms with van der Waals surface area (Å²) in [4.78, 5) is 29.5. The van der Waals surface area contributed by atoms with Crippen molar-refractivity contribution in [2.24, 2.45) is 11.0 Å². The molecule has 2 aromatic rings. The third kappa shape index (κ3) is 2.63. The zero-order chi connectivity index (χ0) is 17.4. The Morgan fingerprint density at radius 1 is 1.12 bits per heavy atom. The second-order valence-corrected chi connectivity index (χ2v) is 5.74. The van der Waals surface area contributed by atoms with Crippen LogP contribution < -0.4 is 9.47 Å². The van der Waals surface area contributed by atoms with Gasteiger partial charge in [-0.25, -0.2) is 5.01 Å². The quantitative estimate of drug-likeness (QED) is 0.627. The van der Waals surface area contributed by atoms with Crippen molar-refractivity contribution in [3.05, 3.63) is 53.9 Å². The third-order valence-electron chi connectivity index (χ3n) is 4.16. The molecule has 1 aromatic heterocycles. The van der Waals surface area contributed by atoms with Gasteiger partial charge < -0.3 is 9.47 Å². The second-order valence-electron chi connectivity index (χ2n) is 5.74. The van der Waals surface area contributed by atoms with Crippen LogP contribution in [0.15, 0.2) is 47.8 Å². The van der Waals surface area contributed by atoms with Crippen LogP contribution in [0, 0.1) is 5.92 Å². The van der Waals surface area contributed by atoms with Gasteiger partial charge in [-0.3, -0.25) is 14.6 Å². The Bertz CT molecular complexity index is 879. The molecule has 7 nitrogen and oxygen atoms in total. The summed E-state index contributed by atoms with van der Waals surface area (Å²) in [5.74, 6) is -0.539. The number of aromatic nitrogens is 1. The lowest BCUT2D eigenvalue weighted by Gasteiger charge is -2.19. The maximum atomic E-state index is 13.0. The molecule has 4 rings (SSSR count). The van der Waals surface area contributed by atoms with Gasteiger partial charge in [-0.15, -0.1) is 0 Å². The van der Waals surface area contributed by atoms with E-state index in [1.807, 2.05) is 0 Å².